The molecule has 236 valence electrons. The summed E-state index contributed by atoms with van der Waals surface area (Å²) in [5, 5.41) is 1.27. The SMILES string of the molecule is Cc1cc(-c2cccnc2-c2ccc(CS(=O)(=O)Cc3ccc(-c4ncccc4-c4ccc(Cl)c(C)c4)cc3F)c(F)c2)ccc1Cl. The number of aromatic nitrogens is 2. The van der Waals surface area contributed by atoms with E-state index in [1.54, 1.807) is 48.8 Å². The molecule has 6 aromatic rings. The minimum absolute atomic E-state index is 0.0121. The van der Waals surface area contributed by atoms with Crippen molar-refractivity contribution in [3.63, 3.8) is 0 Å². The maximum Gasteiger partial charge on any atom is 0.158 e. The standard InChI is InChI=1S/C38H28Cl2F2N2O2S/c1-23-17-25(11-13-33(23)39)31-5-3-15-43-37(31)27-7-9-29(35(41)19-27)21-47(45,46)22-30-10-8-28(20-36(30)42)38-32(6-4-16-44-38)26-12-14-34(40)24(2)18-26/h3-20H,21-22H2,1-2H3. The third-order valence-corrected chi connectivity index (χ3v) is 10.3. The summed E-state index contributed by atoms with van der Waals surface area (Å²) in [5.74, 6) is -2.56. The Labute approximate surface area is 282 Å². The highest BCUT2D eigenvalue weighted by Gasteiger charge is 2.21. The number of aryl methyl sites for hydroxylation is 2. The Kier molecular flexibility index (Phi) is 9.24. The molecule has 0 aliphatic heterocycles. The number of hydrogen-bond acceptors (Lipinski definition) is 4. The molecular formula is C38H28Cl2F2N2O2S. The molecule has 4 nitrogen and oxygen atoms in total. The fraction of sp³-hybridized carbons (Fsp3) is 0.105. The van der Waals surface area contributed by atoms with Gasteiger partial charge in [0.15, 0.2) is 9.84 Å². The molecule has 9 heteroatoms. The molecule has 47 heavy (non-hydrogen) atoms. The van der Waals surface area contributed by atoms with Gasteiger partial charge in [-0.1, -0.05) is 71.7 Å². The molecule has 2 aromatic heterocycles. The molecule has 0 aliphatic carbocycles. The predicted molar refractivity (Wildman–Crippen MR) is 186 cm³/mol. The molecular weight excluding hydrogens is 657 g/mol. The molecule has 0 fully saturated rings. The van der Waals surface area contributed by atoms with Crippen LogP contribution in [0.5, 0.6) is 0 Å². The van der Waals surface area contributed by atoms with Crippen molar-refractivity contribution >= 4 is 33.0 Å². The smallest absolute Gasteiger partial charge is 0.158 e. The van der Waals surface area contributed by atoms with Crippen LogP contribution in [0.3, 0.4) is 0 Å². The molecule has 0 aliphatic rings. The van der Waals surface area contributed by atoms with Crippen molar-refractivity contribution in [2.75, 3.05) is 0 Å². The van der Waals surface area contributed by atoms with Gasteiger partial charge in [0.05, 0.1) is 22.9 Å². The van der Waals surface area contributed by atoms with E-state index in [-0.39, 0.29) is 11.1 Å². The Hall–Kier alpha value is -4.43. The molecule has 6 rings (SSSR count). The molecule has 0 saturated heterocycles. The molecule has 0 bridgehead atoms. The first-order valence-electron chi connectivity index (χ1n) is 14.7. The van der Waals surface area contributed by atoms with E-state index in [1.807, 2.05) is 50.2 Å². The van der Waals surface area contributed by atoms with Gasteiger partial charge in [-0.05, 0) is 84.6 Å². The van der Waals surface area contributed by atoms with E-state index in [2.05, 4.69) is 9.97 Å². The number of hydrogen-bond donors (Lipinski definition) is 0. The number of benzene rings is 4. The number of halogens is 4. The van der Waals surface area contributed by atoms with Gasteiger partial charge in [-0.15, -0.1) is 0 Å². The van der Waals surface area contributed by atoms with E-state index >= 15 is 8.78 Å². The zero-order valence-electron chi connectivity index (χ0n) is 25.4. The van der Waals surface area contributed by atoms with Crippen molar-refractivity contribution in [2.45, 2.75) is 25.4 Å². The summed E-state index contributed by atoms with van der Waals surface area (Å²) in [6, 6.07) is 27.3. The molecule has 4 aromatic carbocycles. The van der Waals surface area contributed by atoms with Crippen molar-refractivity contribution in [1.82, 2.24) is 9.97 Å². The van der Waals surface area contributed by atoms with Crippen molar-refractivity contribution in [1.29, 1.82) is 0 Å². The Bertz CT molecular complexity index is 2110. The zero-order valence-corrected chi connectivity index (χ0v) is 27.8. The minimum Gasteiger partial charge on any atom is -0.256 e. The summed E-state index contributed by atoms with van der Waals surface area (Å²) in [6.45, 7) is 3.80. The summed E-state index contributed by atoms with van der Waals surface area (Å²) in [5.41, 5.74) is 7.16. The summed E-state index contributed by atoms with van der Waals surface area (Å²) in [4.78, 5) is 8.96. The summed E-state index contributed by atoms with van der Waals surface area (Å²) in [6.07, 6.45) is 3.23. The van der Waals surface area contributed by atoms with Crippen molar-refractivity contribution < 1.29 is 17.2 Å². The maximum atomic E-state index is 15.4. The highest BCUT2D eigenvalue weighted by atomic mass is 35.5. The maximum absolute atomic E-state index is 15.4. The monoisotopic (exact) mass is 684 g/mol. The molecule has 0 N–H and O–H groups in total. The zero-order chi connectivity index (χ0) is 33.3. The van der Waals surface area contributed by atoms with Crippen LogP contribution in [0.1, 0.15) is 22.3 Å². The van der Waals surface area contributed by atoms with Crippen molar-refractivity contribution in [3.8, 4) is 44.8 Å². The minimum atomic E-state index is -3.94. The van der Waals surface area contributed by atoms with Crippen molar-refractivity contribution in [3.05, 3.63) is 153 Å². The van der Waals surface area contributed by atoms with E-state index in [9.17, 15) is 8.42 Å². The van der Waals surface area contributed by atoms with Crippen LogP contribution in [-0.2, 0) is 21.3 Å². The van der Waals surface area contributed by atoms with Crippen LogP contribution in [0.15, 0.2) is 109 Å². The normalized spacial score (nSPS) is 11.5. The molecule has 0 spiro atoms. The molecule has 0 saturated carbocycles. The lowest BCUT2D eigenvalue weighted by molar-refractivity contribution is 0.581. The topological polar surface area (TPSA) is 59.9 Å². The van der Waals surface area contributed by atoms with Gasteiger partial charge < -0.3 is 0 Å². The lowest BCUT2D eigenvalue weighted by Gasteiger charge is -2.13. The number of rotatable bonds is 8. The van der Waals surface area contributed by atoms with E-state index in [4.69, 9.17) is 23.2 Å². The van der Waals surface area contributed by atoms with Gasteiger partial charge >= 0.3 is 0 Å². The first-order valence-corrected chi connectivity index (χ1v) is 17.3. The quantitative estimate of drug-likeness (QED) is 0.160. The lowest BCUT2D eigenvalue weighted by atomic mass is 9.97. The van der Waals surface area contributed by atoms with Gasteiger partial charge in [-0.3, -0.25) is 9.97 Å². The molecule has 0 radical (unpaired) electrons. The Morgan fingerprint density at radius 2 is 0.979 bits per heavy atom. The average Bonchev–Trinajstić information content (AvgIpc) is 3.05. The number of nitrogens with zero attached hydrogens (tertiary/aromatic N) is 2. The largest absolute Gasteiger partial charge is 0.256 e. The Morgan fingerprint density at radius 1 is 0.574 bits per heavy atom. The first kappa shape index (κ1) is 32.5. The third-order valence-electron chi connectivity index (χ3n) is 7.96. The third kappa shape index (κ3) is 7.13. The van der Waals surface area contributed by atoms with Gasteiger partial charge in [-0.2, -0.15) is 0 Å². The average molecular weight is 686 g/mol. The lowest BCUT2D eigenvalue weighted by Crippen LogP contribution is -2.10. The van der Waals surface area contributed by atoms with E-state index < -0.39 is 33.0 Å². The molecule has 0 atom stereocenters. The van der Waals surface area contributed by atoms with Crippen LogP contribution in [0, 0.1) is 25.5 Å². The Morgan fingerprint density at radius 3 is 1.36 bits per heavy atom. The van der Waals surface area contributed by atoms with Crippen LogP contribution in [-0.4, -0.2) is 18.4 Å². The summed E-state index contributed by atoms with van der Waals surface area (Å²) < 4.78 is 57.2. The van der Waals surface area contributed by atoms with Crippen molar-refractivity contribution in [2.24, 2.45) is 0 Å². The van der Waals surface area contributed by atoms with Crippen LogP contribution < -0.4 is 0 Å². The first-order chi connectivity index (χ1) is 22.5. The van der Waals surface area contributed by atoms with Crippen LogP contribution >= 0.6 is 23.2 Å². The number of sulfone groups is 1. The second-order valence-electron chi connectivity index (χ2n) is 11.4. The molecule has 2 heterocycles. The van der Waals surface area contributed by atoms with Gasteiger partial charge in [0.25, 0.3) is 0 Å². The Balaban J connectivity index is 1.23. The van der Waals surface area contributed by atoms with E-state index in [0.717, 1.165) is 33.4 Å². The van der Waals surface area contributed by atoms with E-state index in [1.165, 1.54) is 24.3 Å². The second kappa shape index (κ2) is 13.4. The second-order valence-corrected chi connectivity index (χ2v) is 14.3. The van der Waals surface area contributed by atoms with Gasteiger partial charge in [0.2, 0.25) is 0 Å². The highest BCUT2D eigenvalue weighted by Crippen LogP contribution is 2.35. The summed E-state index contributed by atoms with van der Waals surface area (Å²) >= 11 is 12.4. The molecule has 0 unspecified atom stereocenters. The predicted octanol–water partition coefficient (Wildman–Crippen LogP) is 10.5. The summed E-state index contributed by atoms with van der Waals surface area (Å²) in [7, 11) is -3.94. The van der Waals surface area contributed by atoms with Crippen LogP contribution in [0.2, 0.25) is 10.0 Å². The van der Waals surface area contributed by atoms with Gasteiger partial charge in [-0.25, -0.2) is 17.2 Å². The fourth-order valence-electron chi connectivity index (χ4n) is 5.51. The highest BCUT2D eigenvalue weighted by molar-refractivity contribution is 7.89. The molecule has 0 amide bonds. The van der Waals surface area contributed by atoms with Crippen LogP contribution in [0.25, 0.3) is 44.8 Å². The van der Waals surface area contributed by atoms with Crippen LogP contribution in [0.4, 0.5) is 8.78 Å². The fourth-order valence-corrected chi connectivity index (χ4v) is 7.26. The van der Waals surface area contributed by atoms with Gasteiger partial charge in [0, 0.05) is 55.8 Å². The number of pyridine rings is 2. The van der Waals surface area contributed by atoms with Gasteiger partial charge in [0.1, 0.15) is 11.6 Å². The van der Waals surface area contributed by atoms with E-state index in [0.29, 0.717) is 32.6 Å².